The SMILES string of the molecule is O=C(NCCc1ccccc1)c1ccc(Nc2ccccc2Cl)nc1. The molecule has 0 aliphatic carbocycles. The lowest BCUT2D eigenvalue weighted by molar-refractivity contribution is 0.0954. The number of aromatic nitrogens is 1. The van der Waals surface area contributed by atoms with E-state index in [2.05, 4.69) is 15.6 Å². The van der Waals surface area contributed by atoms with E-state index in [0.717, 1.165) is 12.1 Å². The summed E-state index contributed by atoms with van der Waals surface area (Å²) in [6.07, 6.45) is 2.35. The minimum Gasteiger partial charge on any atom is -0.352 e. The molecule has 0 spiro atoms. The minimum atomic E-state index is -0.132. The molecule has 5 heteroatoms. The molecule has 0 radical (unpaired) electrons. The monoisotopic (exact) mass is 351 g/mol. The number of pyridine rings is 1. The Bertz CT molecular complexity index is 835. The lowest BCUT2D eigenvalue weighted by atomic mass is 10.1. The predicted molar refractivity (Wildman–Crippen MR) is 101 cm³/mol. The summed E-state index contributed by atoms with van der Waals surface area (Å²) in [5.74, 6) is 0.502. The molecule has 2 N–H and O–H groups in total. The largest absolute Gasteiger partial charge is 0.352 e. The van der Waals surface area contributed by atoms with Crippen LogP contribution in [0.1, 0.15) is 15.9 Å². The third-order valence-electron chi connectivity index (χ3n) is 3.70. The maximum absolute atomic E-state index is 12.2. The normalized spacial score (nSPS) is 10.3. The maximum Gasteiger partial charge on any atom is 0.252 e. The smallest absolute Gasteiger partial charge is 0.252 e. The molecule has 0 bridgehead atoms. The quantitative estimate of drug-likeness (QED) is 0.689. The molecule has 3 aromatic rings. The van der Waals surface area contributed by atoms with Gasteiger partial charge in [-0.15, -0.1) is 0 Å². The molecule has 0 unspecified atom stereocenters. The van der Waals surface area contributed by atoms with Crippen molar-refractivity contribution in [1.82, 2.24) is 10.3 Å². The first kappa shape index (κ1) is 17.0. The van der Waals surface area contributed by atoms with Crippen LogP contribution < -0.4 is 10.6 Å². The lowest BCUT2D eigenvalue weighted by Crippen LogP contribution is -2.25. The molecule has 126 valence electrons. The van der Waals surface area contributed by atoms with Crippen molar-refractivity contribution >= 4 is 29.0 Å². The zero-order chi connectivity index (χ0) is 17.5. The highest BCUT2D eigenvalue weighted by molar-refractivity contribution is 6.33. The van der Waals surface area contributed by atoms with Crippen molar-refractivity contribution in [1.29, 1.82) is 0 Å². The number of halogens is 1. The van der Waals surface area contributed by atoms with Crippen LogP contribution in [0.4, 0.5) is 11.5 Å². The molecule has 0 fully saturated rings. The van der Waals surface area contributed by atoms with Crippen molar-refractivity contribution in [2.24, 2.45) is 0 Å². The number of para-hydroxylation sites is 1. The molecule has 1 heterocycles. The van der Waals surface area contributed by atoms with Crippen molar-refractivity contribution in [3.8, 4) is 0 Å². The van der Waals surface area contributed by atoms with E-state index in [1.54, 1.807) is 24.4 Å². The molecule has 0 aliphatic heterocycles. The fraction of sp³-hybridized carbons (Fsp3) is 0.100. The topological polar surface area (TPSA) is 54.0 Å². The van der Waals surface area contributed by atoms with Crippen LogP contribution in [0.2, 0.25) is 5.02 Å². The fourth-order valence-corrected chi connectivity index (χ4v) is 2.55. The van der Waals surface area contributed by atoms with Gasteiger partial charge in [-0.05, 0) is 36.2 Å². The van der Waals surface area contributed by atoms with E-state index in [0.29, 0.717) is 22.9 Å². The van der Waals surface area contributed by atoms with Crippen molar-refractivity contribution in [3.05, 3.63) is 89.1 Å². The van der Waals surface area contributed by atoms with Crippen LogP contribution in [-0.2, 0) is 6.42 Å². The van der Waals surface area contributed by atoms with Crippen LogP contribution >= 0.6 is 11.6 Å². The molecule has 3 rings (SSSR count). The Morgan fingerprint density at radius 2 is 1.72 bits per heavy atom. The first-order chi connectivity index (χ1) is 12.2. The van der Waals surface area contributed by atoms with E-state index in [1.165, 1.54) is 5.56 Å². The van der Waals surface area contributed by atoms with Gasteiger partial charge in [-0.1, -0.05) is 54.1 Å². The summed E-state index contributed by atoms with van der Waals surface area (Å²) in [4.78, 5) is 16.4. The number of benzene rings is 2. The Morgan fingerprint density at radius 1 is 0.960 bits per heavy atom. The Labute approximate surface area is 151 Å². The Morgan fingerprint density at radius 3 is 2.44 bits per heavy atom. The lowest BCUT2D eigenvalue weighted by Gasteiger charge is -2.08. The van der Waals surface area contributed by atoms with Crippen LogP contribution in [0.15, 0.2) is 72.9 Å². The van der Waals surface area contributed by atoms with Crippen molar-refractivity contribution in [3.63, 3.8) is 0 Å². The fourth-order valence-electron chi connectivity index (χ4n) is 2.37. The van der Waals surface area contributed by atoms with Crippen LogP contribution in [0, 0.1) is 0 Å². The molecule has 0 saturated carbocycles. The highest BCUT2D eigenvalue weighted by atomic mass is 35.5. The van der Waals surface area contributed by atoms with Gasteiger partial charge >= 0.3 is 0 Å². The van der Waals surface area contributed by atoms with Crippen molar-refractivity contribution < 1.29 is 4.79 Å². The second-order valence-electron chi connectivity index (χ2n) is 5.53. The van der Waals surface area contributed by atoms with Gasteiger partial charge in [0.2, 0.25) is 0 Å². The van der Waals surface area contributed by atoms with E-state index in [4.69, 9.17) is 11.6 Å². The summed E-state index contributed by atoms with van der Waals surface area (Å²) in [5, 5.41) is 6.65. The van der Waals surface area contributed by atoms with E-state index < -0.39 is 0 Å². The Kier molecular flexibility index (Phi) is 5.65. The number of carbonyl (C=O) groups is 1. The van der Waals surface area contributed by atoms with Gasteiger partial charge in [-0.2, -0.15) is 0 Å². The van der Waals surface area contributed by atoms with Gasteiger partial charge in [0.1, 0.15) is 5.82 Å². The summed E-state index contributed by atoms with van der Waals surface area (Å²) in [5.41, 5.74) is 2.50. The average Bonchev–Trinajstić information content (AvgIpc) is 2.65. The number of nitrogens with one attached hydrogen (secondary N) is 2. The second-order valence-corrected chi connectivity index (χ2v) is 5.94. The predicted octanol–water partition coefficient (Wildman–Crippen LogP) is 4.45. The molecule has 0 aliphatic rings. The first-order valence-electron chi connectivity index (χ1n) is 8.02. The summed E-state index contributed by atoms with van der Waals surface area (Å²) < 4.78 is 0. The van der Waals surface area contributed by atoms with Crippen LogP contribution in [0.5, 0.6) is 0 Å². The number of hydrogen-bond acceptors (Lipinski definition) is 3. The van der Waals surface area contributed by atoms with Crippen LogP contribution in [-0.4, -0.2) is 17.4 Å². The van der Waals surface area contributed by atoms with Crippen LogP contribution in [0.25, 0.3) is 0 Å². The van der Waals surface area contributed by atoms with E-state index in [1.807, 2.05) is 48.5 Å². The average molecular weight is 352 g/mol. The standard InChI is InChI=1S/C20H18ClN3O/c21-17-8-4-5-9-18(17)24-19-11-10-16(14-23-19)20(25)22-13-12-15-6-2-1-3-7-15/h1-11,14H,12-13H2,(H,22,25)(H,23,24). The van der Waals surface area contributed by atoms with Crippen molar-refractivity contribution in [2.45, 2.75) is 6.42 Å². The molecule has 1 amide bonds. The molecule has 25 heavy (non-hydrogen) atoms. The summed E-state index contributed by atoms with van der Waals surface area (Å²) >= 11 is 6.11. The number of nitrogens with zero attached hydrogens (tertiary/aromatic N) is 1. The van der Waals surface area contributed by atoms with Gasteiger partial charge in [0, 0.05) is 12.7 Å². The summed E-state index contributed by atoms with van der Waals surface area (Å²) in [6, 6.07) is 21.0. The Hall–Kier alpha value is -2.85. The third kappa shape index (κ3) is 4.81. The van der Waals surface area contributed by atoms with Gasteiger partial charge in [0.25, 0.3) is 5.91 Å². The second kappa shape index (κ2) is 8.31. The molecule has 0 saturated heterocycles. The number of anilines is 2. The van der Waals surface area contributed by atoms with Gasteiger partial charge < -0.3 is 10.6 Å². The summed E-state index contributed by atoms with van der Waals surface area (Å²) in [7, 11) is 0. The molecule has 2 aromatic carbocycles. The number of hydrogen-bond donors (Lipinski definition) is 2. The zero-order valence-corrected chi connectivity index (χ0v) is 14.3. The molecule has 1 aromatic heterocycles. The van der Waals surface area contributed by atoms with E-state index in [-0.39, 0.29) is 5.91 Å². The zero-order valence-electron chi connectivity index (χ0n) is 13.6. The van der Waals surface area contributed by atoms with Gasteiger partial charge in [0.05, 0.1) is 16.3 Å². The van der Waals surface area contributed by atoms with Gasteiger partial charge in [0.15, 0.2) is 0 Å². The number of rotatable bonds is 6. The highest BCUT2D eigenvalue weighted by Crippen LogP contribution is 2.23. The Balaban J connectivity index is 1.54. The minimum absolute atomic E-state index is 0.132. The number of carbonyl (C=O) groups excluding carboxylic acids is 1. The van der Waals surface area contributed by atoms with Crippen LogP contribution in [0.3, 0.4) is 0 Å². The highest BCUT2D eigenvalue weighted by Gasteiger charge is 2.06. The van der Waals surface area contributed by atoms with Crippen molar-refractivity contribution in [2.75, 3.05) is 11.9 Å². The molecular formula is C20H18ClN3O. The van der Waals surface area contributed by atoms with E-state index >= 15 is 0 Å². The molecular weight excluding hydrogens is 334 g/mol. The first-order valence-corrected chi connectivity index (χ1v) is 8.40. The van der Waals surface area contributed by atoms with E-state index in [9.17, 15) is 4.79 Å². The van der Waals surface area contributed by atoms with Gasteiger partial charge in [-0.25, -0.2) is 4.98 Å². The maximum atomic E-state index is 12.2. The molecule has 0 atom stereocenters. The summed E-state index contributed by atoms with van der Waals surface area (Å²) in [6.45, 7) is 0.586. The van der Waals surface area contributed by atoms with Gasteiger partial charge in [-0.3, -0.25) is 4.79 Å². The number of amides is 1. The molecule has 4 nitrogen and oxygen atoms in total. The third-order valence-corrected chi connectivity index (χ3v) is 4.03.